The molecule has 18 heavy (non-hydrogen) atoms. The summed E-state index contributed by atoms with van der Waals surface area (Å²) in [6.07, 6.45) is 2.74. The number of hydrogen-bond donors (Lipinski definition) is 1. The van der Waals surface area contributed by atoms with E-state index < -0.39 is 0 Å². The SMILES string of the molecule is CCOC(=O)CCC(=O)NCC1CCCN1CC. The number of likely N-dealkylation sites (N-methyl/N-ethyl adjacent to an activating group) is 1. The second-order valence-corrected chi connectivity index (χ2v) is 4.53. The molecule has 1 rings (SSSR count). The molecule has 1 heterocycles. The van der Waals surface area contributed by atoms with Crippen LogP contribution in [0.15, 0.2) is 0 Å². The van der Waals surface area contributed by atoms with Gasteiger partial charge in [0.2, 0.25) is 5.91 Å². The van der Waals surface area contributed by atoms with Gasteiger partial charge in [0.15, 0.2) is 0 Å². The summed E-state index contributed by atoms with van der Waals surface area (Å²) in [6.45, 7) is 7.12. The quantitative estimate of drug-likeness (QED) is 0.688. The predicted octanol–water partition coefficient (Wildman–Crippen LogP) is 0.930. The number of nitrogens with zero attached hydrogens (tertiary/aromatic N) is 1. The maximum Gasteiger partial charge on any atom is 0.306 e. The summed E-state index contributed by atoms with van der Waals surface area (Å²) in [5, 5.41) is 2.90. The van der Waals surface area contributed by atoms with Gasteiger partial charge in [-0.2, -0.15) is 0 Å². The minimum Gasteiger partial charge on any atom is -0.466 e. The number of esters is 1. The predicted molar refractivity (Wildman–Crippen MR) is 69.1 cm³/mol. The van der Waals surface area contributed by atoms with Gasteiger partial charge in [-0.05, 0) is 32.9 Å². The smallest absolute Gasteiger partial charge is 0.306 e. The van der Waals surface area contributed by atoms with Crippen molar-refractivity contribution in [2.45, 2.75) is 45.6 Å². The van der Waals surface area contributed by atoms with Crippen LogP contribution in [0.2, 0.25) is 0 Å². The van der Waals surface area contributed by atoms with Crippen molar-refractivity contribution >= 4 is 11.9 Å². The highest BCUT2D eigenvalue weighted by Crippen LogP contribution is 2.15. The largest absolute Gasteiger partial charge is 0.466 e. The number of rotatable bonds is 7. The summed E-state index contributed by atoms with van der Waals surface area (Å²) in [4.78, 5) is 25.0. The molecule has 1 atom stereocenters. The van der Waals surface area contributed by atoms with E-state index in [0.29, 0.717) is 19.2 Å². The zero-order valence-corrected chi connectivity index (χ0v) is 11.4. The van der Waals surface area contributed by atoms with Crippen molar-refractivity contribution in [3.8, 4) is 0 Å². The average Bonchev–Trinajstić information content (AvgIpc) is 2.81. The van der Waals surface area contributed by atoms with Crippen LogP contribution in [0.4, 0.5) is 0 Å². The number of hydrogen-bond acceptors (Lipinski definition) is 4. The van der Waals surface area contributed by atoms with Gasteiger partial charge in [-0.3, -0.25) is 14.5 Å². The van der Waals surface area contributed by atoms with Gasteiger partial charge < -0.3 is 10.1 Å². The van der Waals surface area contributed by atoms with E-state index in [2.05, 4.69) is 17.1 Å². The molecule has 5 heteroatoms. The fourth-order valence-corrected chi connectivity index (χ4v) is 2.31. The third-order valence-electron chi connectivity index (χ3n) is 3.30. The molecular formula is C13H24N2O3. The van der Waals surface area contributed by atoms with Crippen molar-refractivity contribution in [2.75, 3.05) is 26.2 Å². The Morgan fingerprint density at radius 2 is 2.11 bits per heavy atom. The molecule has 0 aliphatic carbocycles. The summed E-state index contributed by atoms with van der Waals surface area (Å²) < 4.78 is 4.78. The lowest BCUT2D eigenvalue weighted by molar-refractivity contribution is -0.144. The summed E-state index contributed by atoms with van der Waals surface area (Å²) in [7, 11) is 0. The van der Waals surface area contributed by atoms with Gasteiger partial charge in [-0.25, -0.2) is 0 Å². The average molecular weight is 256 g/mol. The van der Waals surface area contributed by atoms with Gasteiger partial charge in [-0.1, -0.05) is 6.92 Å². The monoisotopic (exact) mass is 256 g/mol. The Hall–Kier alpha value is -1.10. The third kappa shape index (κ3) is 5.04. The Kier molecular flexibility index (Phi) is 6.72. The minimum absolute atomic E-state index is 0.0639. The molecule has 0 saturated carbocycles. The highest BCUT2D eigenvalue weighted by molar-refractivity contribution is 5.81. The molecule has 104 valence electrons. The van der Waals surface area contributed by atoms with Crippen LogP contribution in [0.5, 0.6) is 0 Å². The first-order valence-corrected chi connectivity index (χ1v) is 6.83. The van der Waals surface area contributed by atoms with Gasteiger partial charge in [0.1, 0.15) is 0 Å². The highest BCUT2D eigenvalue weighted by Gasteiger charge is 2.23. The van der Waals surface area contributed by atoms with Crippen LogP contribution in [0, 0.1) is 0 Å². The minimum atomic E-state index is -0.302. The maximum atomic E-state index is 11.6. The normalized spacial score (nSPS) is 19.8. The molecule has 0 radical (unpaired) electrons. The number of ether oxygens (including phenoxy) is 1. The molecule has 1 N–H and O–H groups in total. The van der Waals surface area contributed by atoms with E-state index in [1.54, 1.807) is 6.92 Å². The first kappa shape index (κ1) is 15.0. The van der Waals surface area contributed by atoms with Crippen molar-refractivity contribution in [1.82, 2.24) is 10.2 Å². The van der Waals surface area contributed by atoms with Crippen LogP contribution in [0.3, 0.4) is 0 Å². The molecule has 1 aliphatic rings. The summed E-state index contributed by atoms with van der Waals surface area (Å²) in [5.74, 6) is -0.366. The lowest BCUT2D eigenvalue weighted by atomic mass is 10.2. The van der Waals surface area contributed by atoms with Gasteiger partial charge in [-0.15, -0.1) is 0 Å². The van der Waals surface area contributed by atoms with Crippen LogP contribution in [0.25, 0.3) is 0 Å². The zero-order valence-electron chi connectivity index (χ0n) is 11.4. The van der Waals surface area contributed by atoms with E-state index in [4.69, 9.17) is 4.74 Å². The molecule has 1 aliphatic heterocycles. The second-order valence-electron chi connectivity index (χ2n) is 4.53. The number of carbonyl (C=O) groups is 2. The van der Waals surface area contributed by atoms with Crippen molar-refractivity contribution in [3.63, 3.8) is 0 Å². The topological polar surface area (TPSA) is 58.6 Å². The first-order valence-electron chi connectivity index (χ1n) is 6.83. The molecule has 1 saturated heterocycles. The van der Waals surface area contributed by atoms with Crippen LogP contribution in [0.1, 0.15) is 39.5 Å². The van der Waals surface area contributed by atoms with Crippen LogP contribution in [-0.4, -0.2) is 49.1 Å². The summed E-state index contributed by atoms with van der Waals surface area (Å²) >= 11 is 0. The summed E-state index contributed by atoms with van der Waals surface area (Å²) in [6, 6.07) is 0.460. The first-order chi connectivity index (χ1) is 8.67. The van der Waals surface area contributed by atoms with E-state index in [1.807, 2.05) is 0 Å². The number of carbonyl (C=O) groups excluding carboxylic acids is 2. The summed E-state index contributed by atoms with van der Waals surface area (Å²) in [5.41, 5.74) is 0. The fraction of sp³-hybridized carbons (Fsp3) is 0.846. The van der Waals surface area contributed by atoms with Crippen molar-refractivity contribution in [3.05, 3.63) is 0 Å². The van der Waals surface area contributed by atoms with E-state index in [-0.39, 0.29) is 24.7 Å². The highest BCUT2D eigenvalue weighted by atomic mass is 16.5. The fourth-order valence-electron chi connectivity index (χ4n) is 2.31. The van der Waals surface area contributed by atoms with Crippen LogP contribution < -0.4 is 5.32 Å². The number of amides is 1. The standard InChI is InChI=1S/C13H24N2O3/c1-3-15-9-5-6-11(15)10-14-12(16)7-8-13(17)18-4-2/h11H,3-10H2,1-2H3,(H,14,16). The van der Waals surface area contributed by atoms with Crippen molar-refractivity contribution < 1.29 is 14.3 Å². The molecule has 0 aromatic heterocycles. The van der Waals surface area contributed by atoms with Gasteiger partial charge in [0, 0.05) is 19.0 Å². The Labute approximate surface area is 109 Å². The lowest BCUT2D eigenvalue weighted by Crippen LogP contribution is -2.40. The van der Waals surface area contributed by atoms with Gasteiger partial charge in [0.25, 0.3) is 0 Å². The van der Waals surface area contributed by atoms with Crippen molar-refractivity contribution in [1.29, 1.82) is 0 Å². The zero-order chi connectivity index (χ0) is 13.4. The molecule has 0 aromatic carbocycles. The molecule has 1 amide bonds. The Morgan fingerprint density at radius 3 is 2.78 bits per heavy atom. The molecule has 1 fully saturated rings. The maximum absolute atomic E-state index is 11.6. The van der Waals surface area contributed by atoms with Crippen LogP contribution >= 0.6 is 0 Å². The Bertz CT molecular complexity index is 281. The van der Waals surface area contributed by atoms with E-state index >= 15 is 0 Å². The molecule has 0 spiro atoms. The Balaban J connectivity index is 2.15. The Morgan fingerprint density at radius 1 is 1.33 bits per heavy atom. The molecule has 5 nitrogen and oxygen atoms in total. The lowest BCUT2D eigenvalue weighted by Gasteiger charge is -2.22. The number of nitrogens with one attached hydrogen (secondary N) is 1. The molecule has 0 bridgehead atoms. The van der Waals surface area contributed by atoms with E-state index in [1.165, 1.54) is 6.42 Å². The third-order valence-corrected chi connectivity index (χ3v) is 3.30. The molecule has 0 aromatic rings. The number of likely N-dealkylation sites (tertiary alicyclic amines) is 1. The van der Waals surface area contributed by atoms with E-state index in [0.717, 1.165) is 19.5 Å². The van der Waals surface area contributed by atoms with Crippen LogP contribution in [-0.2, 0) is 14.3 Å². The second kappa shape index (κ2) is 8.08. The molecular weight excluding hydrogens is 232 g/mol. The molecule has 1 unspecified atom stereocenters. The van der Waals surface area contributed by atoms with Crippen molar-refractivity contribution in [2.24, 2.45) is 0 Å². The van der Waals surface area contributed by atoms with E-state index in [9.17, 15) is 9.59 Å². The van der Waals surface area contributed by atoms with Gasteiger partial charge in [0.05, 0.1) is 13.0 Å². The van der Waals surface area contributed by atoms with Gasteiger partial charge >= 0.3 is 5.97 Å².